The van der Waals surface area contributed by atoms with E-state index >= 15 is 0 Å². The van der Waals surface area contributed by atoms with Crippen LogP contribution in [-0.4, -0.2) is 58.4 Å². The van der Waals surface area contributed by atoms with Crippen LogP contribution in [0, 0.1) is 5.92 Å². The first-order valence-corrected chi connectivity index (χ1v) is 11.6. The van der Waals surface area contributed by atoms with Crippen LogP contribution in [0.15, 0.2) is 6.07 Å². The lowest BCUT2D eigenvalue weighted by Gasteiger charge is -2.20. The van der Waals surface area contributed by atoms with Crippen molar-refractivity contribution in [3.8, 4) is 11.8 Å². The topological polar surface area (TPSA) is 125 Å². The molecule has 0 aliphatic carbocycles. The van der Waals surface area contributed by atoms with E-state index < -0.39 is 12.0 Å². The Kier molecular flexibility index (Phi) is 12.0. The molecule has 1 heterocycles. The van der Waals surface area contributed by atoms with Gasteiger partial charge in [0.15, 0.2) is 5.88 Å². The van der Waals surface area contributed by atoms with Crippen molar-refractivity contribution in [3.63, 3.8) is 0 Å². The number of nitrogens with one attached hydrogen (secondary N) is 3. The Morgan fingerprint density at radius 1 is 1.12 bits per heavy atom. The smallest absolute Gasteiger partial charge is 0.323 e. The lowest BCUT2D eigenvalue weighted by molar-refractivity contribution is -0.145. The van der Waals surface area contributed by atoms with E-state index in [4.69, 9.17) is 4.74 Å². The molecule has 1 rings (SSSR count). The second kappa shape index (κ2) is 13.9. The van der Waals surface area contributed by atoms with Gasteiger partial charge in [0, 0.05) is 31.2 Å². The fraction of sp³-hybridized carbons (Fsp3) is 0.739. The second-order valence-electron chi connectivity index (χ2n) is 8.66. The predicted molar refractivity (Wildman–Crippen MR) is 126 cm³/mol. The largest absolute Gasteiger partial charge is 0.494 e. The minimum absolute atomic E-state index is 0.0242. The third kappa shape index (κ3) is 8.98. The van der Waals surface area contributed by atoms with Crippen LogP contribution >= 0.6 is 0 Å². The first-order chi connectivity index (χ1) is 15.1. The molecule has 5 N–H and O–H groups in total. The van der Waals surface area contributed by atoms with Gasteiger partial charge in [-0.1, -0.05) is 20.8 Å². The second-order valence-corrected chi connectivity index (χ2v) is 8.66. The van der Waals surface area contributed by atoms with Crippen LogP contribution in [0.3, 0.4) is 0 Å². The van der Waals surface area contributed by atoms with Gasteiger partial charge in [0.05, 0.1) is 13.5 Å². The number of anilines is 1. The minimum atomic E-state index is -0.660. The van der Waals surface area contributed by atoms with Gasteiger partial charge in [-0.25, -0.2) is 0 Å². The maximum Gasteiger partial charge on any atom is 0.323 e. The van der Waals surface area contributed by atoms with E-state index in [1.54, 1.807) is 6.07 Å². The summed E-state index contributed by atoms with van der Waals surface area (Å²) in [5.74, 6) is -0.405. The molecule has 0 radical (unpaired) electrons. The SMILES string of the molecule is CCC(C)Nc1cc(O)n(CC(C)CCCNC(=O)CC(NC(C)CC)C(=O)OC)c1O. The number of rotatable bonds is 15. The third-order valence-electron chi connectivity index (χ3n) is 5.72. The van der Waals surface area contributed by atoms with Crippen LogP contribution in [-0.2, 0) is 20.9 Å². The maximum atomic E-state index is 12.2. The molecule has 0 spiro atoms. The summed E-state index contributed by atoms with van der Waals surface area (Å²) in [5.41, 5.74) is 0.530. The molecule has 32 heavy (non-hydrogen) atoms. The molecule has 0 saturated heterocycles. The zero-order chi connectivity index (χ0) is 24.3. The number of nitrogens with zero attached hydrogens (tertiary/aromatic N) is 1. The van der Waals surface area contributed by atoms with E-state index in [1.165, 1.54) is 11.7 Å². The van der Waals surface area contributed by atoms with Gasteiger partial charge in [-0.15, -0.1) is 0 Å². The van der Waals surface area contributed by atoms with Gasteiger partial charge < -0.3 is 30.9 Å². The van der Waals surface area contributed by atoms with Crippen LogP contribution in [0.4, 0.5) is 5.69 Å². The Bertz CT molecular complexity index is 721. The average Bonchev–Trinajstić information content (AvgIpc) is 3.02. The number of hydrogen-bond acceptors (Lipinski definition) is 7. The summed E-state index contributed by atoms with van der Waals surface area (Å²) in [6, 6.07) is 1.18. The first kappa shape index (κ1) is 27.6. The maximum absolute atomic E-state index is 12.2. The predicted octanol–water partition coefficient (Wildman–Crippen LogP) is 2.96. The Labute approximate surface area is 191 Å². The van der Waals surface area contributed by atoms with Crippen LogP contribution in [0.25, 0.3) is 0 Å². The molecule has 0 fully saturated rings. The Morgan fingerprint density at radius 2 is 1.78 bits per heavy atom. The molecule has 0 saturated carbocycles. The fourth-order valence-corrected chi connectivity index (χ4v) is 3.33. The normalized spacial score (nSPS) is 14.9. The number of amides is 1. The highest BCUT2D eigenvalue weighted by atomic mass is 16.5. The Balaban J connectivity index is 2.45. The van der Waals surface area contributed by atoms with Crippen LogP contribution in [0.2, 0.25) is 0 Å². The lowest BCUT2D eigenvalue weighted by atomic mass is 10.1. The number of carbonyl (C=O) groups is 2. The van der Waals surface area contributed by atoms with E-state index in [2.05, 4.69) is 16.0 Å². The standard InChI is InChI=1S/C23H42N4O5/c1-7-16(4)25-18-13-21(29)27(22(18)30)14-15(3)10-9-11-24-20(28)12-19(23(31)32-6)26-17(5)8-2/h13,15-17,19,25-26,29-30H,7-12,14H2,1-6H3,(H,24,28). The fourth-order valence-electron chi connectivity index (χ4n) is 3.33. The highest BCUT2D eigenvalue weighted by Gasteiger charge is 2.23. The van der Waals surface area contributed by atoms with Gasteiger partial charge in [-0.2, -0.15) is 0 Å². The number of carbonyl (C=O) groups excluding carboxylic acids is 2. The van der Waals surface area contributed by atoms with Gasteiger partial charge in [0.2, 0.25) is 11.8 Å². The zero-order valence-corrected chi connectivity index (χ0v) is 20.4. The summed E-state index contributed by atoms with van der Waals surface area (Å²) in [5, 5.41) is 29.8. The van der Waals surface area contributed by atoms with E-state index in [0.29, 0.717) is 18.8 Å². The monoisotopic (exact) mass is 454 g/mol. The molecule has 0 aliphatic rings. The molecular weight excluding hydrogens is 412 g/mol. The van der Waals surface area contributed by atoms with Crippen molar-refractivity contribution in [2.75, 3.05) is 19.0 Å². The summed E-state index contributed by atoms with van der Waals surface area (Å²) in [6.45, 7) is 11.0. The van der Waals surface area contributed by atoms with Crippen molar-refractivity contribution in [3.05, 3.63) is 6.07 Å². The average molecular weight is 455 g/mol. The molecule has 9 nitrogen and oxygen atoms in total. The highest BCUT2D eigenvalue weighted by Crippen LogP contribution is 2.34. The number of ether oxygens (including phenoxy) is 1. The molecular formula is C23H42N4O5. The summed E-state index contributed by atoms with van der Waals surface area (Å²) < 4.78 is 6.29. The van der Waals surface area contributed by atoms with E-state index in [1.807, 2.05) is 34.6 Å². The molecule has 4 unspecified atom stereocenters. The van der Waals surface area contributed by atoms with Crippen molar-refractivity contribution >= 4 is 17.6 Å². The molecule has 184 valence electrons. The number of hydrogen-bond donors (Lipinski definition) is 5. The number of methoxy groups -OCH3 is 1. The van der Waals surface area contributed by atoms with Crippen molar-refractivity contribution in [1.82, 2.24) is 15.2 Å². The summed E-state index contributed by atoms with van der Waals surface area (Å²) in [6.07, 6.45) is 3.33. The van der Waals surface area contributed by atoms with Gasteiger partial charge in [0.25, 0.3) is 0 Å². The molecule has 4 atom stereocenters. The van der Waals surface area contributed by atoms with Gasteiger partial charge in [0.1, 0.15) is 11.7 Å². The summed E-state index contributed by atoms with van der Waals surface area (Å²) in [4.78, 5) is 24.2. The first-order valence-electron chi connectivity index (χ1n) is 11.6. The van der Waals surface area contributed by atoms with Crippen molar-refractivity contribution < 1.29 is 24.5 Å². The summed E-state index contributed by atoms with van der Waals surface area (Å²) >= 11 is 0. The van der Waals surface area contributed by atoms with Crippen LogP contribution < -0.4 is 16.0 Å². The van der Waals surface area contributed by atoms with Crippen molar-refractivity contribution in [2.45, 2.75) is 91.4 Å². The number of aromatic nitrogens is 1. The highest BCUT2D eigenvalue weighted by molar-refractivity contribution is 5.85. The number of esters is 1. The van der Waals surface area contributed by atoms with Gasteiger partial charge >= 0.3 is 5.97 Å². The summed E-state index contributed by atoms with van der Waals surface area (Å²) in [7, 11) is 1.32. The minimum Gasteiger partial charge on any atom is -0.494 e. The van der Waals surface area contributed by atoms with Crippen molar-refractivity contribution in [2.24, 2.45) is 5.92 Å². The molecule has 0 aromatic carbocycles. The molecule has 0 aliphatic heterocycles. The number of aromatic hydroxyl groups is 2. The van der Waals surface area contributed by atoms with Crippen LogP contribution in [0.5, 0.6) is 11.8 Å². The van der Waals surface area contributed by atoms with E-state index in [-0.39, 0.29) is 42.1 Å². The van der Waals surface area contributed by atoms with Gasteiger partial charge in [-0.05, 0) is 45.4 Å². The molecule has 1 amide bonds. The van der Waals surface area contributed by atoms with Gasteiger partial charge in [-0.3, -0.25) is 14.2 Å². The van der Waals surface area contributed by atoms with E-state index in [9.17, 15) is 19.8 Å². The molecule has 1 aromatic heterocycles. The Hall–Kier alpha value is -2.42. The molecule has 0 bridgehead atoms. The van der Waals surface area contributed by atoms with Crippen LogP contribution in [0.1, 0.15) is 66.7 Å². The lowest BCUT2D eigenvalue weighted by Crippen LogP contribution is -2.45. The van der Waals surface area contributed by atoms with E-state index in [0.717, 1.165) is 25.7 Å². The Morgan fingerprint density at radius 3 is 2.38 bits per heavy atom. The zero-order valence-electron chi connectivity index (χ0n) is 20.4. The quantitative estimate of drug-likeness (QED) is 0.204. The molecule has 1 aromatic rings. The van der Waals surface area contributed by atoms with Crippen molar-refractivity contribution in [1.29, 1.82) is 0 Å². The molecule has 9 heteroatoms. The third-order valence-corrected chi connectivity index (χ3v) is 5.72.